The lowest BCUT2D eigenvalue weighted by atomic mass is 10.2. The number of nitrogens with one attached hydrogen (secondary N) is 2. The number of methoxy groups -OCH3 is 2. The van der Waals surface area contributed by atoms with Crippen LogP contribution in [0.5, 0.6) is 11.5 Å². The molecule has 2 aromatic carbocycles. The van der Waals surface area contributed by atoms with Crippen molar-refractivity contribution in [1.82, 2.24) is 20.1 Å². The van der Waals surface area contributed by atoms with Crippen molar-refractivity contribution in [3.63, 3.8) is 0 Å². The third kappa shape index (κ3) is 7.35. The van der Waals surface area contributed by atoms with Crippen LogP contribution in [0.4, 0.5) is 5.69 Å². The number of rotatable bonds is 11. The van der Waals surface area contributed by atoms with Crippen LogP contribution in [0.1, 0.15) is 23.9 Å². The van der Waals surface area contributed by atoms with Gasteiger partial charge >= 0.3 is 0 Å². The van der Waals surface area contributed by atoms with Gasteiger partial charge in [0.15, 0.2) is 22.5 Å². The first-order chi connectivity index (χ1) is 16.9. The van der Waals surface area contributed by atoms with Crippen molar-refractivity contribution in [2.24, 2.45) is 0 Å². The van der Waals surface area contributed by atoms with E-state index in [-0.39, 0.29) is 24.1 Å². The van der Waals surface area contributed by atoms with Gasteiger partial charge in [-0.3, -0.25) is 9.59 Å². The van der Waals surface area contributed by atoms with Gasteiger partial charge in [0.2, 0.25) is 11.8 Å². The molecule has 0 saturated carbocycles. The van der Waals surface area contributed by atoms with Crippen LogP contribution in [-0.2, 0) is 22.7 Å². The van der Waals surface area contributed by atoms with Crippen LogP contribution in [0.2, 0.25) is 0 Å². The van der Waals surface area contributed by atoms with Crippen molar-refractivity contribution >= 4 is 35.3 Å². The Hall–Kier alpha value is -3.79. The van der Waals surface area contributed by atoms with Gasteiger partial charge < -0.3 is 24.7 Å². The molecule has 184 valence electrons. The first-order valence-corrected chi connectivity index (χ1v) is 12.0. The average molecular weight is 496 g/mol. The van der Waals surface area contributed by atoms with Crippen LogP contribution in [0.25, 0.3) is 6.08 Å². The second-order valence-corrected chi connectivity index (χ2v) is 8.46. The summed E-state index contributed by atoms with van der Waals surface area (Å²) < 4.78 is 12.4. The summed E-state index contributed by atoms with van der Waals surface area (Å²) in [5.74, 6) is 1.63. The number of hydrogen-bond donors (Lipinski definition) is 2. The summed E-state index contributed by atoms with van der Waals surface area (Å²) in [4.78, 5) is 24.6. The van der Waals surface area contributed by atoms with Crippen LogP contribution in [-0.4, -0.2) is 46.6 Å². The fourth-order valence-corrected chi connectivity index (χ4v) is 4.10. The number of thioether (sulfide) groups is 1. The number of ether oxygens (including phenoxy) is 2. The Balaban J connectivity index is 1.53. The van der Waals surface area contributed by atoms with Gasteiger partial charge in [0.1, 0.15) is 0 Å². The standard InChI is InChI=1S/C25H29N5O4S/c1-5-30-22(15-26-23(31)12-10-18-9-11-20(33-3)21(14-18)34-4)28-29-25(30)35-16-24(32)27-19-8-6-7-17(2)13-19/h6-14H,5,15-16H2,1-4H3,(H,26,31)(H,27,32). The number of aryl methyl sites for hydroxylation is 1. The van der Waals surface area contributed by atoms with E-state index in [0.29, 0.717) is 29.0 Å². The summed E-state index contributed by atoms with van der Waals surface area (Å²) in [5, 5.41) is 14.7. The summed E-state index contributed by atoms with van der Waals surface area (Å²) in [5.41, 5.74) is 2.64. The molecule has 3 aromatic rings. The summed E-state index contributed by atoms with van der Waals surface area (Å²) in [6.45, 7) is 4.76. The molecule has 1 heterocycles. The second-order valence-electron chi connectivity index (χ2n) is 7.51. The Morgan fingerprint density at radius 3 is 2.60 bits per heavy atom. The fourth-order valence-electron chi connectivity index (χ4n) is 3.28. The molecule has 0 unspecified atom stereocenters. The fraction of sp³-hybridized carbons (Fsp3) is 0.280. The predicted octanol–water partition coefficient (Wildman–Crippen LogP) is 3.68. The zero-order valence-corrected chi connectivity index (χ0v) is 21.0. The maximum atomic E-state index is 12.3. The highest BCUT2D eigenvalue weighted by atomic mass is 32.2. The van der Waals surface area contributed by atoms with Crippen molar-refractivity contribution in [1.29, 1.82) is 0 Å². The number of aromatic nitrogens is 3. The van der Waals surface area contributed by atoms with E-state index in [1.54, 1.807) is 32.4 Å². The lowest BCUT2D eigenvalue weighted by molar-refractivity contribution is -0.116. The number of carbonyl (C=O) groups excluding carboxylic acids is 2. The molecule has 2 amide bonds. The van der Waals surface area contributed by atoms with Gasteiger partial charge in [-0.2, -0.15) is 0 Å². The van der Waals surface area contributed by atoms with Crippen LogP contribution < -0.4 is 20.1 Å². The van der Waals surface area contributed by atoms with Crippen LogP contribution in [0.15, 0.2) is 53.7 Å². The highest BCUT2D eigenvalue weighted by Gasteiger charge is 2.14. The monoisotopic (exact) mass is 495 g/mol. The van der Waals surface area contributed by atoms with Crippen molar-refractivity contribution in [3.8, 4) is 11.5 Å². The Morgan fingerprint density at radius 2 is 1.89 bits per heavy atom. The number of benzene rings is 2. The van der Waals surface area contributed by atoms with E-state index in [4.69, 9.17) is 9.47 Å². The van der Waals surface area contributed by atoms with Crippen LogP contribution in [0.3, 0.4) is 0 Å². The highest BCUT2D eigenvalue weighted by Crippen LogP contribution is 2.28. The first kappa shape index (κ1) is 25.8. The van der Waals surface area contributed by atoms with Crippen LogP contribution in [0, 0.1) is 6.92 Å². The topological polar surface area (TPSA) is 107 Å². The summed E-state index contributed by atoms with van der Waals surface area (Å²) in [6, 6.07) is 13.0. The van der Waals surface area contributed by atoms with Crippen molar-refractivity contribution in [3.05, 3.63) is 65.5 Å². The molecule has 2 N–H and O–H groups in total. The van der Waals surface area contributed by atoms with E-state index in [2.05, 4.69) is 20.8 Å². The van der Waals surface area contributed by atoms with Gasteiger partial charge in [-0.05, 0) is 55.3 Å². The molecule has 0 atom stereocenters. The lowest BCUT2D eigenvalue weighted by Gasteiger charge is -2.09. The van der Waals surface area contributed by atoms with Gasteiger partial charge in [-0.25, -0.2) is 0 Å². The van der Waals surface area contributed by atoms with E-state index in [1.807, 2.05) is 48.7 Å². The summed E-state index contributed by atoms with van der Waals surface area (Å²) in [7, 11) is 3.13. The quantitative estimate of drug-likeness (QED) is 0.309. The molecule has 0 fully saturated rings. The normalized spacial score (nSPS) is 10.9. The number of hydrogen-bond acceptors (Lipinski definition) is 7. The first-order valence-electron chi connectivity index (χ1n) is 11.0. The maximum Gasteiger partial charge on any atom is 0.244 e. The molecule has 9 nitrogen and oxygen atoms in total. The van der Waals surface area contributed by atoms with Gasteiger partial charge in [0.25, 0.3) is 0 Å². The Morgan fingerprint density at radius 1 is 1.09 bits per heavy atom. The Kier molecular flexibility index (Phi) is 9.31. The van der Waals surface area contributed by atoms with Crippen molar-refractivity contribution in [2.45, 2.75) is 32.1 Å². The molecule has 35 heavy (non-hydrogen) atoms. The van der Waals surface area contributed by atoms with Crippen molar-refractivity contribution < 1.29 is 19.1 Å². The second kappa shape index (κ2) is 12.6. The zero-order valence-electron chi connectivity index (χ0n) is 20.2. The van der Waals surface area contributed by atoms with E-state index < -0.39 is 0 Å². The Bertz CT molecular complexity index is 1210. The summed E-state index contributed by atoms with van der Waals surface area (Å²) >= 11 is 1.30. The minimum atomic E-state index is -0.267. The minimum Gasteiger partial charge on any atom is -0.493 e. The zero-order chi connectivity index (χ0) is 25.2. The molecule has 0 saturated heterocycles. The molecular formula is C25H29N5O4S. The maximum absolute atomic E-state index is 12.3. The molecule has 0 aliphatic carbocycles. The smallest absolute Gasteiger partial charge is 0.244 e. The Labute approximate surface area is 208 Å². The van der Waals surface area contributed by atoms with Gasteiger partial charge in [-0.1, -0.05) is 30.0 Å². The number of amides is 2. The molecular weight excluding hydrogens is 466 g/mol. The highest BCUT2D eigenvalue weighted by molar-refractivity contribution is 7.99. The number of carbonyl (C=O) groups is 2. The SMILES string of the molecule is CCn1c(CNC(=O)C=Cc2ccc(OC)c(OC)c2)nnc1SCC(=O)Nc1cccc(C)c1. The minimum absolute atomic E-state index is 0.124. The molecule has 1 aromatic heterocycles. The van der Waals surface area contributed by atoms with Gasteiger partial charge in [0, 0.05) is 18.3 Å². The van der Waals surface area contributed by atoms with E-state index in [9.17, 15) is 9.59 Å². The molecule has 10 heteroatoms. The lowest BCUT2D eigenvalue weighted by Crippen LogP contribution is -2.22. The molecule has 0 aliphatic heterocycles. The molecule has 3 rings (SSSR count). The number of anilines is 1. The third-order valence-corrected chi connectivity index (χ3v) is 5.97. The average Bonchev–Trinajstić information content (AvgIpc) is 3.26. The van der Waals surface area contributed by atoms with E-state index in [0.717, 1.165) is 16.8 Å². The van der Waals surface area contributed by atoms with E-state index in [1.165, 1.54) is 17.8 Å². The van der Waals surface area contributed by atoms with Gasteiger partial charge in [0.05, 0.1) is 26.5 Å². The largest absolute Gasteiger partial charge is 0.493 e. The molecule has 0 aliphatic rings. The predicted molar refractivity (Wildman–Crippen MR) is 137 cm³/mol. The third-order valence-electron chi connectivity index (χ3n) is 5.00. The van der Waals surface area contributed by atoms with Crippen LogP contribution >= 0.6 is 11.8 Å². The van der Waals surface area contributed by atoms with Crippen molar-refractivity contribution in [2.75, 3.05) is 25.3 Å². The number of nitrogens with zero attached hydrogens (tertiary/aromatic N) is 3. The van der Waals surface area contributed by atoms with Gasteiger partial charge in [-0.15, -0.1) is 10.2 Å². The van der Waals surface area contributed by atoms with E-state index >= 15 is 0 Å². The molecule has 0 spiro atoms. The summed E-state index contributed by atoms with van der Waals surface area (Å²) in [6.07, 6.45) is 3.13. The molecule has 0 radical (unpaired) electrons. The molecule has 0 bridgehead atoms.